The van der Waals surface area contributed by atoms with Crippen molar-refractivity contribution in [2.75, 3.05) is 0 Å². The first kappa shape index (κ1) is 25.1. The molecule has 38 heavy (non-hydrogen) atoms. The Hall–Kier alpha value is -4.54. The van der Waals surface area contributed by atoms with Crippen LogP contribution in [-0.2, 0) is 19.3 Å². The van der Waals surface area contributed by atoms with Crippen LogP contribution < -0.4 is 10.3 Å². The van der Waals surface area contributed by atoms with E-state index in [-0.39, 0.29) is 24.4 Å². The lowest BCUT2D eigenvalue weighted by atomic mass is 10.0. The zero-order valence-electron chi connectivity index (χ0n) is 20.3. The summed E-state index contributed by atoms with van der Waals surface area (Å²) in [4.78, 5) is 21.2. The number of aryl methyl sites for hydroxylation is 2. The summed E-state index contributed by atoms with van der Waals surface area (Å²) in [6.45, 7) is 3.13. The Morgan fingerprint density at radius 1 is 1.11 bits per heavy atom. The summed E-state index contributed by atoms with van der Waals surface area (Å²) in [7, 11) is 0. The molecule has 0 spiro atoms. The van der Waals surface area contributed by atoms with Gasteiger partial charge in [0, 0.05) is 34.6 Å². The van der Waals surface area contributed by atoms with Crippen LogP contribution in [0.5, 0.6) is 5.75 Å². The minimum absolute atomic E-state index is 0.0195. The van der Waals surface area contributed by atoms with Gasteiger partial charge in [0.25, 0.3) is 5.56 Å². The number of ether oxygens (including phenoxy) is 1. The van der Waals surface area contributed by atoms with E-state index in [0.29, 0.717) is 17.3 Å². The zero-order chi connectivity index (χ0) is 27.0. The largest absolute Gasteiger partial charge is 0.486 e. The van der Waals surface area contributed by atoms with Crippen LogP contribution in [0.1, 0.15) is 28.1 Å². The van der Waals surface area contributed by atoms with Gasteiger partial charge in [0.15, 0.2) is 0 Å². The maximum absolute atomic E-state index is 14.9. The zero-order valence-corrected chi connectivity index (χ0v) is 20.3. The van der Waals surface area contributed by atoms with E-state index in [2.05, 4.69) is 20.2 Å². The van der Waals surface area contributed by atoms with E-state index in [9.17, 15) is 22.4 Å². The molecule has 0 saturated heterocycles. The Labute approximate surface area is 213 Å². The number of alkyl halides is 3. The van der Waals surface area contributed by atoms with E-state index in [0.717, 1.165) is 44.6 Å². The number of pyridine rings is 3. The van der Waals surface area contributed by atoms with Gasteiger partial charge in [-0.3, -0.25) is 14.9 Å². The first-order valence-corrected chi connectivity index (χ1v) is 11.6. The molecule has 5 rings (SSSR count). The van der Waals surface area contributed by atoms with Gasteiger partial charge in [0.1, 0.15) is 29.3 Å². The molecular formula is C27H21F4N5O2. The Balaban J connectivity index is 1.50. The molecule has 4 aromatic heterocycles. The van der Waals surface area contributed by atoms with Crippen molar-refractivity contribution < 1.29 is 22.3 Å². The van der Waals surface area contributed by atoms with E-state index in [1.165, 1.54) is 12.4 Å². The van der Waals surface area contributed by atoms with Crippen LogP contribution in [-0.4, -0.2) is 24.7 Å². The van der Waals surface area contributed by atoms with Gasteiger partial charge in [-0.05, 0) is 49.7 Å². The maximum Gasteiger partial charge on any atom is 0.421 e. The number of halogens is 4. The van der Waals surface area contributed by atoms with Crippen LogP contribution in [0.25, 0.3) is 22.2 Å². The number of aromatic amines is 1. The Morgan fingerprint density at radius 3 is 2.66 bits per heavy atom. The number of benzene rings is 1. The van der Waals surface area contributed by atoms with E-state index in [4.69, 9.17) is 4.74 Å². The summed E-state index contributed by atoms with van der Waals surface area (Å²) >= 11 is 0. The molecule has 1 aromatic carbocycles. The number of hydrogen-bond acceptors (Lipinski definition) is 5. The van der Waals surface area contributed by atoms with Crippen molar-refractivity contribution in [1.29, 1.82) is 0 Å². The normalized spacial score (nSPS) is 11.7. The molecule has 0 radical (unpaired) electrons. The number of fused-ring (bicyclic) bond motifs is 1. The molecule has 0 aliphatic heterocycles. The van der Waals surface area contributed by atoms with Gasteiger partial charge < -0.3 is 9.30 Å². The highest BCUT2D eigenvalue weighted by molar-refractivity contribution is 5.97. The summed E-state index contributed by atoms with van der Waals surface area (Å²) in [5, 5.41) is 7.89. The highest BCUT2D eigenvalue weighted by Crippen LogP contribution is 2.34. The quantitative estimate of drug-likeness (QED) is 0.294. The molecule has 194 valence electrons. The number of H-pyrrole nitrogens is 1. The number of aromatic nitrogens is 5. The molecule has 4 heterocycles. The summed E-state index contributed by atoms with van der Waals surface area (Å²) in [5.41, 5.74) is 1.50. The predicted octanol–water partition coefficient (Wildman–Crippen LogP) is 5.58. The lowest BCUT2D eigenvalue weighted by molar-refractivity contribution is -0.138. The summed E-state index contributed by atoms with van der Waals surface area (Å²) in [6.07, 6.45) is -0.700. The molecular weight excluding hydrogens is 502 g/mol. The van der Waals surface area contributed by atoms with Crippen LogP contribution in [0, 0.1) is 19.7 Å². The molecule has 5 aromatic rings. The topological polar surface area (TPSA) is 85.7 Å². The molecule has 0 amide bonds. The third-order valence-corrected chi connectivity index (χ3v) is 6.13. The fourth-order valence-corrected chi connectivity index (χ4v) is 4.28. The molecule has 7 nitrogen and oxygen atoms in total. The van der Waals surface area contributed by atoms with Gasteiger partial charge >= 0.3 is 6.18 Å². The summed E-state index contributed by atoms with van der Waals surface area (Å²) in [6, 6.07) is 10.2. The molecule has 0 aliphatic carbocycles. The van der Waals surface area contributed by atoms with Crippen LogP contribution in [0.4, 0.5) is 17.6 Å². The number of para-hydroxylation sites is 1. The predicted molar refractivity (Wildman–Crippen MR) is 132 cm³/mol. The summed E-state index contributed by atoms with van der Waals surface area (Å²) in [5.74, 6) is -0.275. The van der Waals surface area contributed by atoms with Crippen molar-refractivity contribution in [2.45, 2.75) is 33.2 Å². The van der Waals surface area contributed by atoms with Crippen molar-refractivity contribution in [1.82, 2.24) is 24.7 Å². The molecule has 0 saturated carbocycles. The lowest BCUT2D eigenvalue weighted by Crippen LogP contribution is -2.29. The number of nitrogens with zero attached hydrogens (tertiary/aromatic N) is 4. The van der Waals surface area contributed by atoms with Crippen molar-refractivity contribution >= 4 is 10.9 Å². The molecule has 0 aliphatic rings. The molecule has 11 heteroatoms. The van der Waals surface area contributed by atoms with E-state index in [1.807, 2.05) is 26.0 Å². The van der Waals surface area contributed by atoms with E-state index >= 15 is 0 Å². The third kappa shape index (κ3) is 4.74. The number of rotatable bonds is 6. The van der Waals surface area contributed by atoms with Crippen molar-refractivity contribution in [3.8, 4) is 17.0 Å². The maximum atomic E-state index is 14.9. The average Bonchev–Trinajstić information content (AvgIpc) is 3.29. The van der Waals surface area contributed by atoms with Crippen LogP contribution in [0.3, 0.4) is 0 Å². The highest BCUT2D eigenvalue weighted by Gasteiger charge is 2.34. The first-order chi connectivity index (χ1) is 18.1. The lowest BCUT2D eigenvalue weighted by Gasteiger charge is -2.15. The number of hydrogen-bond donors (Lipinski definition) is 1. The van der Waals surface area contributed by atoms with E-state index < -0.39 is 23.1 Å². The van der Waals surface area contributed by atoms with Gasteiger partial charge in [-0.1, -0.05) is 12.1 Å². The van der Waals surface area contributed by atoms with Crippen molar-refractivity contribution in [2.24, 2.45) is 0 Å². The smallest absolute Gasteiger partial charge is 0.421 e. The van der Waals surface area contributed by atoms with Gasteiger partial charge in [-0.15, -0.1) is 0 Å². The van der Waals surface area contributed by atoms with Crippen LogP contribution >= 0.6 is 0 Å². The fourth-order valence-electron chi connectivity index (χ4n) is 4.28. The van der Waals surface area contributed by atoms with Crippen molar-refractivity contribution in [3.05, 3.63) is 105 Å². The monoisotopic (exact) mass is 523 g/mol. The van der Waals surface area contributed by atoms with Gasteiger partial charge in [-0.25, -0.2) is 9.37 Å². The van der Waals surface area contributed by atoms with Crippen LogP contribution in [0.2, 0.25) is 0 Å². The molecule has 1 N–H and O–H groups in total. The Bertz CT molecular complexity index is 1710. The first-order valence-electron chi connectivity index (χ1n) is 11.6. The second kappa shape index (κ2) is 9.73. The second-order valence-corrected chi connectivity index (χ2v) is 8.75. The fraction of sp³-hybridized carbons (Fsp3) is 0.185. The third-order valence-electron chi connectivity index (χ3n) is 6.13. The van der Waals surface area contributed by atoms with Gasteiger partial charge in [0.05, 0.1) is 24.1 Å². The van der Waals surface area contributed by atoms with E-state index in [1.54, 1.807) is 18.3 Å². The molecule has 0 fully saturated rings. The van der Waals surface area contributed by atoms with Crippen LogP contribution in [0.15, 0.2) is 65.8 Å². The molecule has 0 unspecified atom stereocenters. The minimum Gasteiger partial charge on any atom is -0.486 e. The van der Waals surface area contributed by atoms with Crippen molar-refractivity contribution in [3.63, 3.8) is 0 Å². The Kier molecular flexibility index (Phi) is 6.43. The van der Waals surface area contributed by atoms with Gasteiger partial charge in [0.2, 0.25) is 0 Å². The van der Waals surface area contributed by atoms with Gasteiger partial charge in [-0.2, -0.15) is 18.3 Å². The average molecular weight is 523 g/mol. The molecule has 0 bridgehead atoms. The molecule has 0 atom stereocenters. The minimum atomic E-state index is -4.81. The summed E-state index contributed by atoms with van der Waals surface area (Å²) < 4.78 is 61.3. The standard InChI is InChI=1S/C27H21F4N5O2/c1-15-12-33-35-24(15)18-11-16(2)34-25-17(18)5-3-7-23(25)38-14-19-21(28)8-9-32-22(19)13-36-10-4-6-20(26(36)37)27(29,30)31/h3-12H,13-14H2,1-2H3,(H,33,35). The Morgan fingerprint density at radius 2 is 1.92 bits per heavy atom. The SMILES string of the molecule is Cc1cc(-c2[nH]ncc2C)c2cccc(OCc3c(F)ccnc3Cn3cccc(C(F)(F)F)c3=O)c2n1. The highest BCUT2D eigenvalue weighted by atomic mass is 19.4. The number of nitrogens with one attached hydrogen (secondary N) is 1. The second-order valence-electron chi connectivity index (χ2n) is 8.75.